The molecule has 2 amide bonds. The third-order valence-corrected chi connectivity index (χ3v) is 5.58. The van der Waals surface area contributed by atoms with Crippen molar-refractivity contribution in [3.05, 3.63) is 25.0 Å². The van der Waals surface area contributed by atoms with Crippen molar-refractivity contribution in [2.24, 2.45) is 17.8 Å². The summed E-state index contributed by atoms with van der Waals surface area (Å²) in [5, 5.41) is 3.13. The number of hydrogen-bond acceptors (Lipinski definition) is 4. The number of hydrogen-bond donors (Lipinski definition) is 1. The molecule has 164 valence electrons. The molecule has 0 aromatic carbocycles. The number of rotatable bonds is 8. The van der Waals surface area contributed by atoms with Crippen LogP contribution in [-0.4, -0.2) is 47.2 Å². The summed E-state index contributed by atoms with van der Waals surface area (Å²) in [7, 11) is 0. The molecule has 29 heavy (non-hydrogen) atoms. The van der Waals surface area contributed by atoms with Crippen LogP contribution in [0.25, 0.3) is 0 Å². The second-order valence-corrected chi connectivity index (χ2v) is 9.74. The quantitative estimate of drug-likeness (QED) is 0.483. The zero-order chi connectivity index (χ0) is 22.0. The van der Waals surface area contributed by atoms with Crippen LogP contribution in [0, 0.1) is 17.8 Å². The van der Waals surface area contributed by atoms with Gasteiger partial charge < -0.3 is 14.8 Å². The number of amides is 2. The standard InChI is InChI=1S/C23H38N2O4/c1-9-18-13-23(18,16(5)28-10-2)24-20(26)19-12-17(11-15(3)4)14-25(19)21(27)29-22(6,7)8/h9,15,17-19H,1,5,10-14H2,2-4,6-8H3,(H,24,26)/t17-,18?,19+,23+/m1/s1. The molecule has 6 heteroatoms. The van der Waals surface area contributed by atoms with Gasteiger partial charge in [0.15, 0.2) is 0 Å². The van der Waals surface area contributed by atoms with E-state index in [4.69, 9.17) is 9.47 Å². The number of ether oxygens (including phenoxy) is 2. The minimum absolute atomic E-state index is 0.0911. The summed E-state index contributed by atoms with van der Waals surface area (Å²) in [4.78, 5) is 27.7. The van der Waals surface area contributed by atoms with Crippen LogP contribution in [0.3, 0.4) is 0 Å². The Morgan fingerprint density at radius 2 is 2.00 bits per heavy atom. The smallest absolute Gasteiger partial charge is 0.410 e. The number of nitrogens with one attached hydrogen (secondary N) is 1. The molecule has 1 saturated carbocycles. The Hall–Kier alpha value is -1.98. The van der Waals surface area contributed by atoms with E-state index in [0.29, 0.717) is 31.2 Å². The Morgan fingerprint density at radius 3 is 2.48 bits per heavy atom. The van der Waals surface area contributed by atoms with Gasteiger partial charge in [0.25, 0.3) is 0 Å². The minimum atomic E-state index is -0.620. The van der Waals surface area contributed by atoms with Crippen LogP contribution < -0.4 is 5.32 Å². The maximum Gasteiger partial charge on any atom is 0.410 e. The molecule has 0 spiro atoms. The van der Waals surface area contributed by atoms with Gasteiger partial charge >= 0.3 is 6.09 Å². The van der Waals surface area contributed by atoms with Gasteiger partial charge in [0.2, 0.25) is 5.91 Å². The summed E-state index contributed by atoms with van der Waals surface area (Å²) in [5.74, 6) is 1.25. The largest absolute Gasteiger partial charge is 0.496 e. The first-order valence-electron chi connectivity index (χ1n) is 10.7. The SMILES string of the molecule is C=CC1C[C@]1(NC(=O)[C@@H]1C[C@@H](CC(C)C)CN1C(=O)OC(C)(C)C)C(=C)OCC. The topological polar surface area (TPSA) is 67.9 Å². The molecule has 0 radical (unpaired) electrons. The third-order valence-electron chi connectivity index (χ3n) is 5.58. The van der Waals surface area contributed by atoms with Crippen LogP contribution in [0.15, 0.2) is 25.0 Å². The van der Waals surface area contributed by atoms with Crippen LogP contribution in [-0.2, 0) is 14.3 Å². The van der Waals surface area contributed by atoms with Gasteiger partial charge in [-0.3, -0.25) is 9.69 Å². The first-order valence-corrected chi connectivity index (χ1v) is 10.7. The summed E-state index contributed by atoms with van der Waals surface area (Å²) in [6.07, 6.45) is 3.72. The van der Waals surface area contributed by atoms with E-state index in [2.05, 4.69) is 32.3 Å². The van der Waals surface area contributed by atoms with Crippen molar-refractivity contribution < 1.29 is 19.1 Å². The summed E-state index contributed by atoms with van der Waals surface area (Å²) in [6.45, 7) is 20.6. The lowest BCUT2D eigenvalue weighted by Crippen LogP contribution is -2.51. The molecule has 1 N–H and O–H groups in total. The molecule has 1 heterocycles. The first kappa shape index (κ1) is 23.3. The molecule has 4 atom stereocenters. The predicted octanol–water partition coefficient (Wildman–Crippen LogP) is 4.27. The maximum absolute atomic E-state index is 13.3. The Labute approximate surface area is 175 Å². The van der Waals surface area contributed by atoms with Crippen molar-refractivity contribution in [3.8, 4) is 0 Å². The highest BCUT2D eigenvalue weighted by atomic mass is 16.6. The second kappa shape index (κ2) is 8.80. The average molecular weight is 407 g/mol. The molecule has 2 rings (SSSR count). The molecule has 1 aliphatic carbocycles. The zero-order valence-electron chi connectivity index (χ0n) is 18.9. The lowest BCUT2D eigenvalue weighted by molar-refractivity contribution is -0.126. The normalized spacial score (nSPS) is 28.8. The van der Waals surface area contributed by atoms with Gasteiger partial charge in [0, 0.05) is 12.5 Å². The summed E-state index contributed by atoms with van der Waals surface area (Å²) >= 11 is 0. The van der Waals surface area contributed by atoms with E-state index in [1.165, 1.54) is 0 Å². The lowest BCUT2D eigenvalue weighted by atomic mass is 9.94. The monoisotopic (exact) mass is 406 g/mol. The number of carbonyl (C=O) groups excluding carboxylic acids is 2. The molecular formula is C23H38N2O4. The van der Waals surface area contributed by atoms with Crippen LogP contribution in [0.5, 0.6) is 0 Å². The van der Waals surface area contributed by atoms with E-state index in [-0.39, 0.29) is 17.7 Å². The van der Waals surface area contributed by atoms with Crippen molar-refractivity contribution in [3.63, 3.8) is 0 Å². The summed E-state index contributed by atoms with van der Waals surface area (Å²) in [5.41, 5.74) is -1.23. The van der Waals surface area contributed by atoms with Gasteiger partial charge in [0.05, 0.1) is 6.61 Å². The highest BCUT2D eigenvalue weighted by molar-refractivity contribution is 5.87. The predicted molar refractivity (Wildman–Crippen MR) is 114 cm³/mol. The fraction of sp³-hybridized carbons (Fsp3) is 0.739. The Bertz CT molecular complexity index is 652. The van der Waals surface area contributed by atoms with E-state index in [9.17, 15) is 9.59 Å². The average Bonchev–Trinajstić information content (AvgIpc) is 3.14. The molecular weight excluding hydrogens is 368 g/mol. The molecule has 1 aliphatic heterocycles. The van der Waals surface area contributed by atoms with E-state index in [1.54, 1.807) is 4.90 Å². The minimum Gasteiger partial charge on any atom is -0.496 e. The van der Waals surface area contributed by atoms with Gasteiger partial charge in [0.1, 0.15) is 22.9 Å². The molecule has 1 unspecified atom stereocenters. The molecule has 2 aliphatic rings. The van der Waals surface area contributed by atoms with Crippen molar-refractivity contribution in [1.82, 2.24) is 10.2 Å². The van der Waals surface area contributed by atoms with Crippen LogP contribution >= 0.6 is 0 Å². The van der Waals surface area contributed by atoms with Crippen molar-refractivity contribution >= 4 is 12.0 Å². The van der Waals surface area contributed by atoms with Crippen molar-refractivity contribution in [2.75, 3.05) is 13.2 Å². The van der Waals surface area contributed by atoms with Gasteiger partial charge in [-0.1, -0.05) is 26.5 Å². The Balaban J connectivity index is 2.18. The molecule has 0 aromatic rings. The van der Waals surface area contributed by atoms with Crippen molar-refractivity contribution in [1.29, 1.82) is 0 Å². The number of likely N-dealkylation sites (tertiary alicyclic amines) is 1. The van der Waals surface area contributed by atoms with Crippen LogP contribution in [0.2, 0.25) is 0 Å². The summed E-state index contributed by atoms with van der Waals surface area (Å²) in [6, 6.07) is -0.550. The van der Waals surface area contributed by atoms with Gasteiger partial charge in [-0.05, 0) is 58.8 Å². The molecule has 0 bridgehead atoms. The number of carbonyl (C=O) groups is 2. The fourth-order valence-electron chi connectivity index (χ4n) is 4.24. The van der Waals surface area contributed by atoms with Crippen LogP contribution in [0.1, 0.15) is 60.8 Å². The highest BCUT2D eigenvalue weighted by Crippen LogP contribution is 2.49. The van der Waals surface area contributed by atoms with E-state index in [1.807, 2.05) is 33.8 Å². The van der Waals surface area contributed by atoms with Crippen molar-refractivity contribution in [2.45, 2.75) is 78.0 Å². The fourth-order valence-corrected chi connectivity index (χ4v) is 4.24. The lowest BCUT2D eigenvalue weighted by Gasteiger charge is -2.30. The molecule has 2 fully saturated rings. The number of nitrogens with zero attached hydrogens (tertiary/aromatic N) is 1. The van der Waals surface area contributed by atoms with Gasteiger partial charge in [-0.25, -0.2) is 4.79 Å². The maximum atomic E-state index is 13.3. The Kier molecular flexibility index (Phi) is 7.07. The van der Waals surface area contributed by atoms with E-state index >= 15 is 0 Å². The zero-order valence-corrected chi connectivity index (χ0v) is 18.9. The molecule has 1 saturated heterocycles. The Morgan fingerprint density at radius 1 is 1.34 bits per heavy atom. The first-order chi connectivity index (χ1) is 13.4. The van der Waals surface area contributed by atoms with Gasteiger partial charge in [-0.15, -0.1) is 6.58 Å². The molecule has 0 aromatic heterocycles. The second-order valence-electron chi connectivity index (χ2n) is 9.74. The van der Waals surface area contributed by atoms with Gasteiger partial charge in [-0.2, -0.15) is 0 Å². The summed E-state index contributed by atoms with van der Waals surface area (Å²) < 4.78 is 11.2. The third kappa shape index (κ3) is 5.55. The van der Waals surface area contributed by atoms with Crippen LogP contribution in [0.4, 0.5) is 4.79 Å². The van der Waals surface area contributed by atoms with E-state index in [0.717, 1.165) is 12.8 Å². The van der Waals surface area contributed by atoms with E-state index < -0.39 is 23.3 Å². The molecule has 6 nitrogen and oxygen atoms in total. The highest BCUT2D eigenvalue weighted by Gasteiger charge is 2.58.